The maximum atomic E-state index is 13.0. The summed E-state index contributed by atoms with van der Waals surface area (Å²) in [6.45, 7) is 2.85. The first-order valence-corrected chi connectivity index (χ1v) is 11.6. The fourth-order valence-electron chi connectivity index (χ4n) is 3.46. The van der Waals surface area contributed by atoms with Gasteiger partial charge in [-0.15, -0.1) is 0 Å². The summed E-state index contributed by atoms with van der Waals surface area (Å²) >= 11 is 0. The molecule has 0 aromatic heterocycles. The zero-order chi connectivity index (χ0) is 23.3. The minimum Gasteiger partial charge on any atom is -0.495 e. The Bertz CT molecular complexity index is 1080. The summed E-state index contributed by atoms with van der Waals surface area (Å²) in [7, 11) is -1.29. The van der Waals surface area contributed by atoms with Gasteiger partial charge in [0, 0.05) is 30.4 Å². The average molecular weight is 462 g/mol. The van der Waals surface area contributed by atoms with Crippen molar-refractivity contribution in [2.75, 3.05) is 32.0 Å². The molecule has 9 nitrogen and oxygen atoms in total. The number of sulfonamides is 1. The molecule has 0 spiro atoms. The molecule has 1 heterocycles. The van der Waals surface area contributed by atoms with Gasteiger partial charge >= 0.3 is 6.09 Å². The predicted octanol–water partition coefficient (Wildman–Crippen LogP) is 2.77. The average Bonchev–Trinajstić information content (AvgIpc) is 2.80. The van der Waals surface area contributed by atoms with Crippen LogP contribution in [0.1, 0.15) is 28.8 Å². The second kappa shape index (κ2) is 9.90. The van der Waals surface area contributed by atoms with Crippen LogP contribution in [0.25, 0.3) is 0 Å². The second-order valence-electron chi connectivity index (χ2n) is 7.54. The minimum atomic E-state index is -3.99. The molecule has 0 saturated carbocycles. The highest BCUT2D eigenvalue weighted by Gasteiger charge is 2.26. The predicted molar refractivity (Wildman–Crippen MR) is 119 cm³/mol. The number of carbonyl (C=O) groups excluding carboxylic acids is 2. The number of carbonyl (C=O) groups is 2. The summed E-state index contributed by atoms with van der Waals surface area (Å²) in [6, 6.07) is 11.1. The first-order valence-electron chi connectivity index (χ1n) is 10.1. The first kappa shape index (κ1) is 23.4. The van der Waals surface area contributed by atoms with Crippen LogP contribution in [0.2, 0.25) is 0 Å². The van der Waals surface area contributed by atoms with E-state index >= 15 is 0 Å². The van der Waals surface area contributed by atoms with E-state index in [2.05, 4.69) is 10.0 Å². The standard InChI is InChI=1S/C22H27N3O6S/c1-15-4-7-18(8-5-15)24-32(28,29)20-14-16(6-9-19(20)30-2)21(26)23-17-10-12-25(13-11-17)22(27)31-3/h4-9,14,17,24H,10-13H2,1-3H3,(H,23,26). The van der Waals surface area contributed by atoms with E-state index in [1.165, 1.54) is 32.4 Å². The van der Waals surface area contributed by atoms with Gasteiger partial charge in [-0.25, -0.2) is 13.2 Å². The Morgan fingerprint density at radius 1 is 1.03 bits per heavy atom. The number of nitrogens with one attached hydrogen (secondary N) is 2. The fourth-order valence-corrected chi connectivity index (χ4v) is 4.72. The summed E-state index contributed by atoms with van der Waals surface area (Å²) in [5.74, 6) is -0.261. The molecule has 0 unspecified atom stereocenters. The monoisotopic (exact) mass is 461 g/mol. The fraction of sp³-hybridized carbons (Fsp3) is 0.364. The molecule has 0 bridgehead atoms. The second-order valence-corrected chi connectivity index (χ2v) is 9.19. The number of amides is 2. The van der Waals surface area contributed by atoms with Crippen molar-refractivity contribution in [3.63, 3.8) is 0 Å². The van der Waals surface area contributed by atoms with Crippen molar-refractivity contribution in [3.05, 3.63) is 53.6 Å². The quantitative estimate of drug-likeness (QED) is 0.684. The van der Waals surface area contributed by atoms with E-state index in [0.717, 1.165) is 5.56 Å². The Balaban J connectivity index is 1.74. The Morgan fingerprint density at radius 2 is 1.69 bits per heavy atom. The lowest BCUT2D eigenvalue weighted by atomic mass is 10.0. The third kappa shape index (κ3) is 5.50. The molecule has 10 heteroatoms. The molecule has 32 heavy (non-hydrogen) atoms. The molecule has 0 aliphatic carbocycles. The van der Waals surface area contributed by atoms with Crippen LogP contribution in [-0.2, 0) is 14.8 Å². The van der Waals surface area contributed by atoms with Crippen molar-refractivity contribution in [1.82, 2.24) is 10.2 Å². The van der Waals surface area contributed by atoms with E-state index in [1.807, 2.05) is 6.92 Å². The van der Waals surface area contributed by atoms with Gasteiger partial charge in [-0.05, 0) is 50.1 Å². The highest BCUT2D eigenvalue weighted by Crippen LogP contribution is 2.27. The SMILES string of the molecule is COC(=O)N1CCC(NC(=O)c2ccc(OC)c(S(=O)(=O)Nc3ccc(C)cc3)c2)CC1. The number of aryl methyl sites for hydroxylation is 1. The van der Waals surface area contributed by atoms with Crippen LogP contribution in [0, 0.1) is 6.92 Å². The number of ether oxygens (including phenoxy) is 2. The lowest BCUT2D eigenvalue weighted by molar-refractivity contribution is 0.0892. The van der Waals surface area contributed by atoms with Gasteiger partial charge < -0.3 is 19.7 Å². The number of anilines is 1. The van der Waals surface area contributed by atoms with Gasteiger partial charge in [0.1, 0.15) is 10.6 Å². The molecule has 2 aromatic carbocycles. The molecular formula is C22H27N3O6S. The minimum absolute atomic E-state index is 0.128. The Labute approximate surface area is 187 Å². The molecule has 2 amide bonds. The van der Waals surface area contributed by atoms with Crippen LogP contribution in [0.3, 0.4) is 0 Å². The molecule has 1 aliphatic heterocycles. The molecule has 1 fully saturated rings. The summed E-state index contributed by atoms with van der Waals surface area (Å²) in [6.07, 6.45) is 0.773. The molecular weight excluding hydrogens is 434 g/mol. The van der Waals surface area contributed by atoms with Gasteiger partial charge in [0.2, 0.25) is 0 Å². The molecule has 2 N–H and O–H groups in total. The Morgan fingerprint density at radius 3 is 2.28 bits per heavy atom. The highest BCUT2D eigenvalue weighted by atomic mass is 32.2. The van der Waals surface area contributed by atoms with E-state index in [-0.39, 0.29) is 28.3 Å². The topological polar surface area (TPSA) is 114 Å². The van der Waals surface area contributed by atoms with Gasteiger partial charge in [-0.1, -0.05) is 17.7 Å². The lowest BCUT2D eigenvalue weighted by Gasteiger charge is -2.31. The van der Waals surface area contributed by atoms with Gasteiger partial charge in [-0.2, -0.15) is 0 Å². The third-order valence-corrected chi connectivity index (χ3v) is 6.68. The molecule has 3 rings (SSSR count). The zero-order valence-corrected chi connectivity index (χ0v) is 19.1. The van der Waals surface area contributed by atoms with Crippen molar-refractivity contribution in [2.24, 2.45) is 0 Å². The smallest absolute Gasteiger partial charge is 0.409 e. The van der Waals surface area contributed by atoms with Gasteiger partial charge in [0.05, 0.1) is 14.2 Å². The van der Waals surface area contributed by atoms with Gasteiger partial charge in [0.15, 0.2) is 0 Å². The Kier molecular flexibility index (Phi) is 7.24. The molecule has 0 radical (unpaired) electrons. The Hall–Kier alpha value is -3.27. The van der Waals surface area contributed by atoms with Crippen LogP contribution in [0.4, 0.5) is 10.5 Å². The van der Waals surface area contributed by atoms with Gasteiger partial charge in [-0.3, -0.25) is 9.52 Å². The van der Waals surface area contributed by atoms with E-state index < -0.39 is 15.9 Å². The van der Waals surface area contributed by atoms with Crippen molar-refractivity contribution in [1.29, 1.82) is 0 Å². The van der Waals surface area contributed by atoms with Crippen molar-refractivity contribution in [3.8, 4) is 5.75 Å². The summed E-state index contributed by atoms with van der Waals surface area (Å²) in [4.78, 5) is 25.8. The van der Waals surface area contributed by atoms with Crippen molar-refractivity contribution < 1.29 is 27.5 Å². The largest absolute Gasteiger partial charge is 0.495 e. The van der Waals surface area contributed by atoms with Crippen LogP contribution in [0.5, 0.6) is 5.75 Å². The number of methoxy groups -OCH3 is 2. The maximum absolute atomic E-state index is 13.0. The first-order chi connectivity index (χ1) is 15.2. The molecule has 1 saturated heterocycles. The number of likely N-dealkylation sites (tertiary alicyclic amines) is 1. The van der Waals surface area contributed by atoms with Crippen LogP contribution in [0.15, 0.2) is 47.4 Å². The summed E-state index contributed by atoms with van der Waals surface area (Å²) in [5, 5.41) is 2.91. The summed E-state index contributed by atoms with van der Waals surface area (Å²) in [5.41, 5.74) is 1.61. The molecule has 0 atom stereocenters. The van der Waals surface area contributed by atoms with Crippen LogP contribution >= 0.6 is 0 Å². The van der Waals surface area contributed by atoms with Crippen molar-refractivity contribution in [2.45, 2.75) is 30.7 Å². The van der Waals surface area contributed by atoms with E-state index in [0.29, 0.717) is 31.6 Å². The number of hydrogen-bond acceptors (Lipinski definition) is 6. The number of hydrogen-bond donors (Lipinski definition) is 2. The number of rotatable bonds is 6. The van der Waals surface area contributed by atoms with E-state index in [1.54, 1.807) is 29.2 Å². The maximum Gasteiger partial charge on any atom is 0.409 e. The van der Waals surface area contributed by atoms with Crippen LogP contribution in [-0.4, -0.2) is 58.7 Å². The third-order valence-electron chi connectivity index (χ3n) is 5.28. The van der Waals surface area contributed by atoms with Gasteiger partial charge in [0.25, 0.3) is 15.9 Å². The highest BCUT2D eigenvalue weighted by molar-refractivity contribution is 7.92. The number of piperidine rings is 1. The van der Waals surface area contributed by atoms with E-state index in [9.17, 15) is 18.0 Å². The number of nitrogens with zero attached hydrogens (tertiary/aromatic N) is 1. The normalized spacial score (nSPS) is 14.5. The number of benzene rings is 2. The molecule has 1 aliphatic rings. The van der Waals surface area contributed by atoms with Crippen LogP contribution < -0.4 is 14.8 Å². The van der Waals surface area contributed by atoms with Crippen molar-refractivity contribution >= 4 is 27.7 Å². The van der Waals surface area contributed by atoms with E-state index in [4.69, 9.17) is 9.47 Å². The lowest BCUT2D eigenvalue weighted by Crippen LogP contribution is -2.46. The zero-order valence-electron chi connectivity index (χ0n) is 18.3. The molecule has 2 aromatic rings. The summed E-state index contributed by atoms with van der Waals surface area (Å²) < 4.78 is 38.4. The molecule has 172 valence electrons.